The van der Waals surface area contributed by atoms with E-state index < -0.39 is 9.84 Å². The maximum Gasteiger partial charge on any atom is 0.256 e. The highest BCUT2D eigenvalue weighted by Crippen LogP contribution is 2.26. The lowest BCUT2D eigenvalue weighted by Crippen LogP contribution is -2.38. The molecule has 2 rings (SSSR count). The molecule has 0 radical (unpaired) electrons. The van der Waals surface area contributed by atoms with Crippen LogP contribution >= 0.6 is 11.6 Å². The Bertz CT molecular complexity index is 892. The van der Waals surface area contributed by atoms with Crippen LogP contribution in [0.4, 0.5) is 0 Å². The minimum Gasteiger partial charge on any atom is -0.338 e. The zero-order valence-electron chi connectivity index (χ0n) is 15.5. The van der Waals surface area contributed by atoms with E-state index in [1.54, 1.807) is 18.0 Å². The van der Waals surface area contributed by atoms with Crippen LogP contribution in [0.15, 0.2) is 47.4 Å². The molecule has 0 aliphatic heterocycles. The fourth-order valence-electron chi connectivity index (χ4n) is 2.91. The SMILES string of the molecule is CCC(Cc1ccc(C)cc1)N(C)C(=O)c1c(Cl)cccc1S(C)(=O)=O. The largest absolute Gasteiger partial charge is 0.338 e. The minimum absolute atomic E-state index is 0.0351. The van der Waals surface area contributed by atoms with Crippen LogP contribution in [0.3, 0.4) is 0 Å². The van der Waals surface area contributed by atoms with Gasteiger partial charge in [0.25, 0.3) is 5.91 Å². The molecule has 1 unspecified atom stereocenters. The first-order valence-corrected chi connectivity index (χ1v) is 10.7. The van der Waals surface area contributed by atoms with Crippen molar-refractivity contribution in [1.82, 2.24) is 4.90 Å². The molecule has 0 fully saturated rings. The Balaban J connectivity index is 2.35. The number of sulfone groups is 1. The van der Waals surface area contributed by atoms with Gasteiger partial charge < -0.3 is 4.90 Å². The van der Waals surface area contributed by atoms with E-state index >= 15 is 0 Å². The van der Waals surface area contributed by atoms with E-state index in [1.165, 1.54) is 17.7 Å². The fraction of sp³-hybridized carbons (Fsp3) is 0.350. The standard InChI is InChI=1S/C20H24ClNO3S/c1-5-16(13-15-11-9-14(2)10-12-15)22(3)20(23)19-17(21)7-6-8-18(19)26(4,24)25/h6-12,16H,5,13H2,1-4H3. The average molecular weight is 394 g/mol. The van der Waals surface area contributed by atoms with Gasteiger partial charge in [0.15, 0.2) is 9.84 Å². The third kappa shape index (κ3) is 4.65. The molecular weight excluding hydrogens is 370 g/mol. The topological polar surface area (TPSA) is 54.5 Å². The van der Waals surface area contributed by atoms with Crippen molar-refractivity contribution in [3.8, 4) is 0 Å². The minimum atomic E-state index is -3.56. The first kappa shape index (κ1) is 20.5. The second kappa shape index (κ2) is 8.23. The molecule has 0 saturated heterocycles. The van der Waals surface area contributed by atoms with Gasteiger partial charge in [-0.05, 0) is 37.5 Å². The van der Waals surface area contributed by atoms with Gasteiger partial charge in [-0.2, -0.15) is 0 Å². The second-order valence-electron chi connectivity index (χ2n) is 6.55. The van der Waals surface area contributed by atoms with E-state index in [4.69, 9.17) is 11.6 Å². The Morgan fingerprint density at radius 2 is 1.77 bits per heavy atom. The summed E-state index contributed by atoms with van der Waals surface area (Å²) < 4.78 is 24.1. The Kier molecular flexibility index (Phi) is 6.48. The van der Waals surface area contributed by atoms with Gasteiger partial charge in [0.2, 0.25) is 0 Å². The number of hydrogen-bond donors (Lipinski definition) is 0. The van der Waals surface area contributed by atoms with Crippen molar-refractivity contribution in [3.63, 3.8) is 0 Å². The zero-order chi connectivity index (χ0) is 19.5. The Morgan fingerprint density at radius 3 is 2.31 bits per heavy atom. The molecule has 0 aromatic heterocycles. The zero-order valence-corrected chi connectivity index (χ0v) is 17.1. The van der Waals surface area contributed by atoms with Crippen molar-refractivity contribution in [1.29, 1.82) is 0 Å². The molecule has 0 N–H and O–H groups in total. The highest BCUT2D eigenvalue weighted by atomic mass is 35.5. The molecule has 0 spiro atoms. The van der Waals surface area contributed by atoms with E-state index in [1.807, 2.05) is 38.1 Å². The van der Waals surface area contributed by atoms with Crippen molar-refractivity contribution >= 4 is 27.3 Å². The first-order chi connectivity index (χ1) is 12.1. The summed E-state index contributed by atoms with van der Waals surface area (Å²) in [6, 6.07) is 12.6. The summed E-state index contributed by atoms with van der Waals surface area (Å²) in [5.74, 6) is -0.380. The maximum absolute atomic E-state index is 13.1. The molecule has 0 bridgehead atoms. The van der Waals surface area contributed by atoms with Crippen LogP contribution in [0.25, 0.3) is 0 Å². The average Bonchev–Trinajstić information content (AvgIpc) is 2.59. The summed E-state index contributed by atoms with van der Waals surface area (Å²) in [6.07, 6.45) is 2.52. The van der Waals surface area contributed by atoms with Crippen molar-refractivity contribution in [2.24, 2.45) is 0 Å². The van der Waals surface area contributed by atoms with E-state index in [9.17, 15) is 13.2 Å². The predicted octanol–water partition coefficient (Wildman–Crippen LogP) is 4.15. The highest BCUT2D eigenvalue weighted by Gasteiger charge is 2.27. The first-order valence-electron chi connectivity index (χ1n) is 8.46. The number of carbonyl (C=O) groups is 1. The van der Waals surface area contributed by atoms with Crippen LogP contribution in [0, 0.1) is 6.92 Å². The number of nitrogens with zero attached hydrogens (tertiary/aromatic N) is 1. The van der Waals surface area contributed by atoms with Crippen molar-refractivity contribution < 1.29 is 13.2 Å². The number of halogens is 1. The van der Waals surface area contributed by atoms with Gasteiger partial charge in [-0.1, -0.05) is 54.4 Å². The summed E-state index contributed by atoms with van der Waals surface area (Å²) in [5, 5.41) is 0.148. The number of likely N-dealkylation sites (N-methyl/N-ethyl adjacent to an activating group) is 1. The molecular formula is C20H24ClNO3S. The summed E-state index contributed by atoms with van der Waals surface area (Å²) in [6.45, 7) is 4.04. The smallest absolute Gasteiger partial charge is 0.256 e. The van der Waals surface area contributed by atoms with Crippen LogP contribution < -0.4 is 0 Å². The van der Waals surface area contributed by atoms with Gasteiger partial charge in [-0.15, -0.1) is 0 Å². The number of hydrogen-bond acceptors (Lipinski definition) is 3. The van der Waals surface area contributed by atoms with E-state index in [0.29, 0.717) is 6.42 Å². The van der Waals surface area contributed by atoms with Crippen LogP contribution in [-0.4, -0.2) is 38.6 Å². The van der Waals surface area contributed by atoms with Crippen LogP contribution in [0.2, 0.25) is 5.02 Å². The molecule has 0 aliphatic carbocycles. The lowest BCUT2D eigenvalue weighted by atomic mass is 10.0. The van der Waals surface area contributed by atoms with Gasteiger partial charge >= 0.3 is 0 Å². The van der Waals surface area contributed by atoms with Crippen molar-refractivity contribution in [3.05, 3.63) is 64.2 Å². The van der Waals surface area contributed by atoms with Crippen LogP contribution in [-0.2, 0) is 16.3 Å². The Morgan fingerprint density at radius 1 is 1.15 bits per heavy atom. The molecule has 0 heterocycles. The molecule has 6 heteroatoms. The number of amides is 1. The van der Waals surface area contributed by atoms with Crippen LogP contribution in [0.5, 0.6) is 0 Å². The molecule has 26 heavy (non-hydrogen) atoms. The number of carbonyl (C=O) groups excluding carboxylic acids is 1. The van der Waals surface area contributed by atoms with Gasteiger partial charge in [0.05, 0.1) is 15.5 Å². The van der Waals surface area contributed by atoms with Crippen LogP contribution in [0.1, 0.15) is 34.8 Å². The summed E-state index contributed by atoms with van der Waals surface area (Å²) in [5.41, 5.74) is 2.35. The quantitative estimate of drug-likeness (QED) is 0.740. The van der Waals surface area contributed by atoms with E-state index in [0.717, 1.165) is 18.2 Å². The van der Waals surface area contributed by atoms with Gasteiger partial charge in [0.1, 0.15) is 0 Å². The lowest BCUT2D eigenvalue weighted by Gasteiger charge is -2.28. The number of rotatable bonds is 6. The van der Waals surface area contributed by atoms with Crippen molar-refractivity contribution in [2.45, 2.75) is 37.6 Å². The van der Waals surface area contributed by atoms with E-state index in [2.05, 4.69) is 0 Å². The monoisotopic (exact) mass is 393 g/mol. The third-order valence-electron chi connectivity index (χ3n) is 4.52. The summed E-state index contributed by atoms with van der Waals surface area (Å²) in [4.78, 5) is 14.6. The molecule has 4 nitrogen and oxygen atoms in total. The predicted molar refractivity (Wildman–Crippen MR) is 106 cm³/mol. The second-order valence-corrected chi connectivity index (χ2v) is 8.94. The molecule has 0 aliphatic rings. The molecule has 1 atom stereocenters. The molecule has 140 valence electrons. The number of benzene rings is 2. The van der Waals surface area contributed by atoms with Gasteiger partial charge in [0, 0.05) is 19.3 Å². The van der Waals surface area contributed by atoms with E-state index in [-0.39, 0.29) is 27.4 Å². The van der Waals surface area contributed by atoms with Gasteiger partial charge in [-0.3, -0.25) is 4.79 Å². The molecule has 0 saturated carbocycles. The van der Waals surface area contributed by atoms with Crippen molar-refractivity contribution in [2.75, 3.05) is 13.3 Å². The lowest BCUT2D eigenvalue weighted by molar-refractivity contribution is 0.0723. The fourth-order valence-corrected chi connectivity index (χ4v) is 4.12. The number of aryl methyl sites for hydroxylation is 1. The summed E-state index contributed by atoms with van der Waals surface area (Å²) >= 11 is 6.19. The molecule has 2 aromatic carbocycles. The van der Waals surface area contributed by atoms with Gasteiger partial charge in [-0.25, -0.2) is 8.42 Å². The normalized spacial score (nSPS) is 12.7. The summed E-state index contributed by atoms with van der Waals surface area (Å²) in [7, 11) is -1.87. The maximum atomic E-state index is 13.1. The third-order valence-corrected chi connectivity index (χ3v) is 5.97. The molecule has 2 aromatic rings. The highest BCUT2D eigenvalue weighted by molar-refractivity contribution is 7.90. The Labute approximate surface area is 160 Å². The Hall–Kier alpha value is -1.85. The molecule has 1 amide bonds.